The first-order valence-corrected chi connectivity index (χ1v) is 8.53. The maximum Gasteiger partial charge on any atom is 0.298 e. The smallest absolute Gasteiger partial charge is 0.298 e. The van der Waals surface area contributed by atoms with Gasteiger partial charge in [-0.05, 0) is 30.3 Å². The van der Waals surface area contributed by atoms with E-state index in [4.69, 9.17) is 22.8 Å². The van der Waals surface area contributed by atoms with Crippen molar-refractivity contribution in [2.24, 2.45) is 0 Å². The predicted molar refractivity (Wildman–Crippen MR) is 104 cm³/mol. The Morgan fingerprint density at radius 3 is 2.33 bits per heavy atom. The standard InChI is InChI=1S/C9H5FN2S.C6H6FNS.C3H2N2/c10-6-1-2-8-7(5-6)12-9(13-8)3-4-11;7-4-1-2-6(9)5(8)3-4;1-5-3-2-4/h1-2,5H,3H2;1-3,9H,8H2;3H2. The van der Waals surface area contributed by atoms with Crippen LogP contribution in [-0.2, 0) is 6.42 Å². The molecule has 0 saturated heterocycles. The number of rotatable bonds is 1. The number of halogens is 2. The normalized spacial score (nSPS) is 8.89. The lowest BCUT2D eigenvalue weighted by Gasteiger charge is -1.95. The summed E-state index contributed by atoms with van der Waals surface area (Å²) in [6.07, 6.45) is 0.293. The van der Waals surface area contributed by atoms with Crippen LogP contribution in [0.25, 0.3) is 15.1 Å². The SMILES string of the molecule is N#CCc1nc2cc(F)ccc2s1.Nc1cc(F)ccc1S.[C-]#[N+]CC#N. The van der Waals surface area contributed by atoms with Crippen LogP contribution in [0.5, 0.6) is 0 Å². The molecular formula is C18H13F2N5S2. The van der Waals surface area contributed by atoms with E-state index >= 15 is 0 Å². The Hall–Kier alpha value is -3.19. The fourth-order valence-corrected chi connectivity index (χ4v) is 2.67. The number of nitrogens with zero attached hydrogens (tertiary/aromatic N) is 4. The first-order valence-electron chi connectivity index (χ1n) is 7.27. The highest BCUT2D eigenvalue weighted by Crippen LogP contribution is 2.22. The van der Waals surface area contributed by atoms with E-state index in [1.165, 1.54) is 41.7 Å². The molecule has 1 aromatic heterocycles. The summed E-state index contributed by atoms with van der Waals surface area (Å²) >= 11 is 5.38. The topological polar surface area (TPSA) is 90.8 Å². The van der Waals surface area contributed by atoms with Crippen LogP contribution in [0.2, 0.25) is 0 Å². The Morgan fingerprint density at radius 1 is 1.15 bits per heavy atom. The van der Waals surface area contributed by atoms with Crippen LogP contribution < -0.4 is 5.73 Å². The molecule has 0 unspecified atom stereocenters. The first kappa shape index (κ1) is 21.9. The van der Waals surface area contributed by atoms with Crippen LogP contribution in [0.4, 0.5) is 14.5 Å². The number of hydrogen-bond acceptors (Lipinski definition) is 6. The zero-order valence-electron chi connectivity index (χ0n) is 13.9. The number of benzene rings is 2. The summed E-state index contributed by atoms with van der Waals surface area (Å²) in [6.45, 7) is 5.99. The zero-order chi connectivity index (χ0) is 20.2. The van der Waals surface area contributed by atoms with E-state index in [9.17, 15) is 8.78 Å². The van der Waals surface area contributed by atoms with Crippen molar-refractivity contribution in [3.8, 4) is 12.1 Å². The molecule has 2 aromatic carbocycles. The van der Waals surface area contributed by atoms with Gasteiger partial charge >= 0.3 is 0 Å². The van der Waals surface area contributed by atoms with Crippen LogP contribution >= 0.6 is 24.0 Å². The van der Waals surface area contributed by atoms with Gasteiger partial charge in [0.25, 0.3) is 6.54 Å². The van der Waals surface area contributed by atoms with Crippen molar-refractivity contribution in [1.29, 1.82) is 10.5 Å². The van der Waals surface area contributed by atoms with Crippen LogP contribution in [0, 0.1) is 40.9 Å². The van der Waals surface area contributed by atoms with Gasteiger partial charge in [0.1, 0.15) is 22.7 Å². The summed E-state index contributed by atoms with van der Waals surface area (Å²) in [6, 6.07) is 12.2. The minimum absolute atomic E-state index is 0.0139. The Bertz CT molecular complexity index is 1020. The molecule has 0 amide bonds. The van der Waals surface area contributed by atoms with E-state index in [2.05, 4.69) is 22.5 Å². The minimum atomic E-state index is -0.328. The molecule has 0 fully saturated rings. The molecule has 0 spiro atoms. The number of nitrogens with two attached hydrogens (primary N) is 1. The van der Waals surface area contributed by atoms with Crippen LogP contribution in [-0.4, -0.2) is 11.5 Å². The van der Waals surface area contributed by atoms with E-state index in [1.807, 2.05) is 6.07 Å². The molecule has 27 heavy (non-hydrogen) atoms. The van der Waals surface area contributed by atoms with Gasteiger partial charge in [0.05, 0.1) is 22.7 Å². The second kappa shape index (κ2) is 11.4. The third-order valence-corrected chi connectivity index (χ3v) is 4.21. The third-order valence-electron chi connectivity index (χ3n) is 2.76. The predicted octanol–water partition coefficient (Wildman–Crippen LogP) is 4.63. The fraction of sp³-hybridized carbons (Fsp3) is 0.111. The molecule has 0 aliphatic carbocycles. The number of anilines is 1. The minimum Gasteiger partial charge on any atom is -0.398 e. The lowest BCUT2D eigenvalue weighted by molar-refractivity contribution is 0.627. The van der Waals surface area contributed by atoms with Gasteiger partial charge in [0.15, 0.2) is 0 Å². The van der Waals surface area contributed by atoms with Gasteiger partial charge in [-0.15, -0.1) is 24.0 Å². The average Bonchev–Trinajstić information content (AvgIpc) is 3.02. The summed E-state index contributed by atoms with van der Waals surface area (Å²) in [5.74, 6) is -0.619. The van der Waals surface area contributed by atoms with Crippen LogP contribution in [0.15, 0.2) is 41.3 Å². The number of aromatic nitrogens is 1. The monoisotopic (exact) mass is 401 g/mol. The zero-order valence-corrected chi connectivity index (χ0v) is 15.6. The van der Waals surface area contributed by atoms with E-state index < -0.39 is 0 Å². The fourth-order valence-electron chi connectivity index (χ4n) is 1.65. The maximum atomic E-state index is 12.7. The van der Waals surface area contributed by atoms with Crippen molar-refractivity contribution in [3.63, 3.8) is 0 Å². The van der Waals surface area contributed by atoms with Gasteiger partial charge in [0.2, 0.25) is 0 Å². The lowest BCUT2D eigenvalue weighted by Crippen LogP contribution is -1.86. The Kier molecular flexibility index (Phi) is 9.25. The van der Waals surface area contributed by atoms with E-state index in [1.54, 1.807) is 12.1 Å². The van der Waals surface area contributed by atoms with E-state index in [0.29, 0.717) is 22.5 Å². The molecule has 0 saturated carbocycles. The maximum absolute atomic E-state index is 12.7. The van der Waals surface area contributed by atoms with Gasteiger partial charge in [-0.2, -0.15) is 10.5 Å². The molecule has 2 N–H and O–H groups in total. The number of thiol groups is 1. The molecule has 3 aromatic rings. The molecular weight excluding hydrogens is 388 g/mol. The number of hydrogen-bond donors (Lipinski definition) is 2. The molecule has 0 aliphatic heterocycles. The Labute approximate surface area is 164 Å². The van der Waals surface area contributed by atoms with Crippen molar-refractivity contribution >= 4 is 39.9 Å². The summed E-state index contributed by atoms with van der Waals surface area (Å²) in [5.41, 5.74) is 6.31. The van der Waals surface area contributed by atoms with Gasteiger partial charge in [-0.25, -0.2) is 20.3 Å². The van der Waals surface area contributed by atoms with Gasteiger partial charge in [0, 0.05) is 16.6 Å². The summed E-state index contributed by atoms with van der Waals surface area (Å²) in [7, 11) is 0. The number of nitrogen functional groups attached to an aromatic ring is 1. The van der Waals surface area contributed by atoms with Gasteiger partial charge in [-0.1, -0.05) is 0 Å². The van der Waals surface area contributed by atoms with Crippen molar-refractivity contribution in [2.75, 3.05) is 12.3 Å². The van der Waals surface area contributed by atoms with Crippen LogP contribution in [0.3, 0.4) is 0 Å². The molecule has 136 valence electrons. The van der Waals surface area contributed by atoms with Crippen molar-refractivity contribution in [3.05, 3.63) is 64.5 Å². The van der Waals surface area contributed by atoms with E-state index in [-0.39, 0.29) is 18.2 Å². The summed E-state index contributed by atoms with van der Waals surface area (Å²) in [4.78, 5) is 7.47. The van der Waals surface area contributed by atoms with Crippen molar-refractivity contribution < 1.29 is 8.78 Å². The largest absolute Gasteiger partial charge is 0.398 e. The van der Waals surface area contributed by atoms with Gasteiger partial charge in [-0.3, -0.25) is 0 Å². The highest BCUT2D eigenvalue weighted by atomic mass is 32.1. The molecule has 0 aliphatic rings. The number of fused-ring (bicyclic) bond motifs is 1. The molecule has 0 radical (unpaired) electrons. The highest BCUT2D eigenvalue weighted by Gasteiger charge is 2.03. The number of thiazole rings is 1. The summed E-state index contributed by atoms with van der Waals surface area (Å²) in [5, 5.41) is 16.8. The summed E-state index contributed by atoms with van der Waals surface area (Å²) < 4.78 is 25.9. The first-order chi connectivity index (χ1) is 12.9. The molecule has 0 atom stereocenters. The molecule has 0 bridgehead atoms. The second-order valence-corrected chi connectivity index (χ2v) is 6.33. The van der Waals surface area contributed by atoms with Crippen molar-refractivity contribution in [1.82, 2.24) is 4.98 Å². The molecule has 3 rings (SSSR count). The molecule has 5 nitrogen and oxygen atoms in total. The lowest BCUT2D eigenvalue weighted by atomic mass is 10.3. The molecule has 1 heterocycles. The Morgan fingerprint density at radius 2 is 1.81 bits per heavy atom. The Balaban J connectivity index is 0.000000227. The molecule has 9 heteroatoms. The van der Waals surface area contributed by atoms with Crippen molar-refractivity contribution in [2.45, 2.75) is 11.3 Å². The van der Waals surface area contributed by atoms with Crippen LogP contribution in [0.1, 0.15) is 5.01 Å². The second-order valence-electron chi connectivity index (χ2n) is 4.73. The average molecular weight is 401 g/mol. The van der Waals surface area contributed by atoms with Gasteiger partial charge < -0.3 is 10.6 Å². The number of nitriles is 2. The highest BCUT2D eigenvalue weighted by molar-refractivity contribution is 7.80. The van der Waals surface area contributed by atoms with E-state index in [0.717, 1.165) is 9.71 Å². The quantitative estimate of drug-likeness (QED) is 0.269. The third kappa shape index (κ3) is 7.70.